The average molecular weight is 521 g/mol. The van der Waals surface area contributed by atoms with Crippen molar-refractivity contribution in [2.24, 2.45) is 0 Å². The number of aryl methyl sites for hydroxylation is 2. The lowest BCUT2D eigenvalue weighted by Crippen LogP contribution is -2.27. The molecule has 1 aliphatic heterocycles. The molecule has 0 saturated carbocycles. The van der Waals surface area contributed by atoms with E-state index in [9.17, 15) is 0 Å². The molecule has 2 aromatic heterocycles. The maximum absolute atomic E-state index is 4.66. The quantitative estimate of drug-likeness (QED) is 0.164. The minimum atomic E-state index is 0.289. The number of nitrogens with one attached hydrogen (secondary N) is 1. The van der Waals surface area contributed by atoms with Gasteiger partial charge in [-0.25, -0.2) is 0 Å². The second-order valence-corrected chi connectivity index (χ2v) is 10.8. The van der Waals surface area contributed by atoms with E-state index in [4.69, 9.17) is 0 Å². The lowest BCUT2D eigenvalue weighted by atomic mass is 9.87. The molecule has 0 amide bonds. The molecule has 4 nitrogen and oxygen atoms in total. The Kier molecular flexibility index (Phi) is 10.3. The lowest BCUT2D eigenvalue weighted by Gasteiger charge is -2.27. The van der Waals surface area contributed by atoms with Crippen LogP contribution in [0.15, 0.2) is 86.7 Å². The number of unbranched alkanes of at least 4 members (excludes halogenated alkanes) is 1. The number of nitrogens with zero attached hydrogens (tertiary/aromatic N) is 3. The third-order valence-electron chi connectivity index (χ3n) is 7.95. The predicted molar refractivity (Wildman–Crippen MR) is 165 cm³/mol. The third-order valence-corrected chi connectivity index (χ3v) is 7.95. The molecule has 0 bridgehead atoms. The van der Waals surface area contributed by atoms with Gasteiger partial charge in [0.15, 0.2) is 0 Å². The molecule has 0 radical (unpaired) electrons. The fourth-order valence-electron chi connectivity index (χ4n) is 5.68. The smallest absolute Gasteiger partial charge is 0.0889 e. The van der Waals surface area contributed by atoms with Crippen LogP contribution in [0.3, 0.4) is 0 Å². The highest BCUT2D eigenvalue weighted by Gasteiger charge is 2.27. The van der Waals surface area contributed by atoms with Gasteiger partial charge in [0.25, 0.3) is 0 Å². The van der Waals surface area contributed by atoms with E-state index in [0.717, 1.165) is 55.9 Å². The molecule has 1 N–H and O–H groups in total. The van der Waals surface area contributed by atoms with Crippen molar-refractivity contribution in [3.63, 3.8) is 0 Å². The summed E-state index contributed by atoms with van der Waals surface area (Å²) in [6, 6.07) is 15.9. The second-order valence-electron chi connectivity index (χ2n) is 10.8. The number of fused-ring (bicyclic) bond motifs is 1. The molecule has 1 aliphatic rings. The van der Waals surface area contributed by atoms with Crippen molar-refractivity contribution in [1.29, 1.82) is 0 Å². The highest BCUT2D eigenvalue weighted by atomic mass is 15.2. The highest BCUT2D eigenvalue weighted by Crippen LogP contribution is 2.36. The first-order valence-corrected chi connectivity index (χ1v) is 14.4. The fourth-order valence-corrected chi connectivity index (χ4v) is 5.68. The fraction of sp³-hybridized carbons (Fsp3) is 0.371. The number of rotatable bonds is 15. The van der Waals surface area contributed by atoms with Gasteiger partial charge in [0, 0.05) is 36.2 Å². The summed E-state index contributed by atoms with van der Waals surface area (Å²) in [5, 5.41) is 3.29. The lowest BCUT2D eigenvalue weighted by molar-refractivity contribution is 0.334. The first-order valence-electron chi connectivity index (χ1n) is 14.4. The van der Waals surface area contributed by atoms with Gasteiger partial charge in [-0.1, -0.05) is 43.4 Å². The first kappa shape index (κ1) is 28.5. The normalized spacial score (nSPS) is 14.2. The van der Waals surface area contributed by atoms with Crippen molar-refractivity contribution in [1.82, 2.24) is 20.2 Å². The Morgan fingerprint density at radius 1 is 0.974 bits per heavy atom. The van der Waals surface area contributed by atoms with E-state index in [1.54, 1.807) is 0 Å². The zero-order valence-electron chi connectivity index (χ0n) is 23.8. The van der Waals surface area contributed by atoms with Crippen LogP contribution in [0, 0.1) is 6.92 Å². The zero-order chi connectivity index (χ0) is 27.6. The van der Waals surface area contributed by atoms with Gasteiger partial charge in [-0.15, -0.1) is 13.2 Å². The monoisotopic (exact) mass is 520 g/mol. The summed E-state index contributed by atoms with van der Waals surface area (Å²) in [4.78, 5) is 11.6. The molecular weight excluding hydrogens is 476 g/mol. The summed E-state index contributed by atoms with van der Waals surface area (Å²) < 4.78 is 0. The Balaban J connectivity index is 1.49. The van der Waals surface area contributed by atoms with Crippen LogP contribution in [-0.4, -0.2) is 34.5 Å². The topological polar surface area (TPSA) is 41.0 Å². The van der Waals surface area contributed by atoms with Gasteiger partial charge in [0.2, 0.25) is 0 Å². The van der Waals surface area contributed by atoms with Crippen molar-refractivity contribution in [2.75, 3.05) is 13.6 Å². The molecule has 0 saturated heterocycles. The molecule has 3 heterocycles. The summed E-state index contributed by atoms with van der Waals surface area (Å²) in [6.45, 7) is 16.5. The van der Waals surface area contributed by atoms with Crippen molar-refractivity contribution >= 4 is 5.70 Å². The van der Waals surface area contributed by atoms with Crippen LogP contribution in [0.2, 0.25) is 0 Å². The van der Waals surface area contributed by atoms with Crippen LogP contribution in [0.1, 0.15) is 72.3 Å². The van der Waals surface area contributed by atoms with E-state index in [1.165, 1.54) is 47.1 Å². The number of hydrogen-bond acceptors (Lipinski definition) is 4. The molecule has 1 aromatic carbocycles. The Bertz CT molecular complexity index is 1280. The van der Waals surface area contributed by atoms with E-state index in [1.807, 2.05) is 31.6 Å². The van der Waals surface area contributed by atoms with Crippen LogP contribution in [0.25, 0.3) is 17.1 Å². The first-order chi connectivity index (χ1) is 19.0. The summed E-state index contributed by atoms with van der Waals surface area (Å²) >= 11 is 0. The molecule has 4 rings (SSSR count). The van der Waals surface area contributed by atoms with Gasteiger partial charge in [0.05, 0.1) is 11.4 Å². The van der Waals surface area contributed by atoms with Crippen LogP contribution in [0.4, 0.5) is 0 Å². The largest absolute Gasteiger partial charge is 0.361 e. The predicted octanol–water partition coefficient (Wildman–Crippen LogP) is 7.87. The number of pyridine rings is 2. The second kappa shape index (κ2) is 14.0. The van der Waals surface area contributed by atoms with Crippen molar-refractivity contribution in [3.8, 4) is 11.4 Å². The minimum absolute atomic E-state index is 0.289. The standard InChI is InChI=1S/C35H44N4/c1-6-8-12-32(7-2)39-25-31-23-28(14-16-33(31)27(39)4)13-15-29(11-9-10-19-36-5)30-18-21-38-35(24-30)34-22-26(3)17-20-37-34/h6-7,14,16-18,20-24,29,32,36H,1-2,4,8-13,15,19,25H2,3,5H3. The van der Waals surface area contributed by atoms with Gasteiger partial charge in [-0.05, 0) is 111 Å². The van der Waals surface area contributed by atoms with Crippen LogP contribution in [-0.2, 0) is 13.0 Å². The van der Waals surface area contributed by atoms with Gasteiger partial charge < -0.3 is 10.2 Å². The average Bonchev–Trinajstić information content (AvgIpc) is 3.28. The SMILES string of the molecule is C=CCCC(C=C)N1Cc2cc(CCC(CCCCNC)c3ccnc(-c4cc(C)ccn4)c3)ccc2C1=C. The van der Waals surface area contributed by atoms with E-state index in [-0.39, 0.29) is 6.04 Å². The summed E-state index contributed by atoms with van der Waals surface area (Å²) in [5.41, 5.74) is 9.64. The van der Waals surface area contributed by atoms with Gasteiger partial charge >= 0.3 is 0 Å². The van der Waals surface area contributed by atoms with E-state index >= 15 is 0 Å². The molecular formula is C35H44N4. The Morgan fingerprint density at radius 2 is 1.77 bits per heavy atom. The summed E-state index contributed by atoms with van der Waals surface area (Å²) in [7, 11) is 2.03. The van der Waals surface area contributed by atoms with Gasteiger partial charge in [-0.2, -0.15) is 0 Å². The molecule has 3 aromatic rings. The third kappa shape index (κ3) is 7.33. The number of hydrogen-bond donors (Lipinski definition) is 1. The maximum Gasteiger partial charge on any atom is 0.0889 e. The summed E-state index contributed by atoms with van der Waals surface area (Å²) in [6.07, 6.45) is 15.6. The van der Waals surface area contributed by atoms with Crippen LogP contribution in [0.5, 0.6) is 0 Å². The Labute approximate surface area is 235 Å². The zero-order valence-corrected chi connectivity index (χ0v) is 23.8. The van der Waals surface area contributed by atoms with E-state index < -0.39 is 0 Å². The summed E-state index contributed by atoms with van der Waals surface area (Å²) in [5.74, 6) is 0.484. The molecule has 0 fully saturated rings. The van der Waals surface area contributed by atoms with Crippen molar-refractivity contribution in [2.45, 2.75) is 70.4 Å². The molecule has 39 heavy (non-hydrogen) atoms. The van der Waals surface area contributed by atoms with Gasteiger partial charge in [0.1, 0.15) is 0 Å². The van der Waals surface area contributed by atoms with Crippen molar-refractivity contribution < 1.29 is 0 Å². The highest BCUT2D eigenvalue weighted by molar-refractivity contribution is 5.70. The van der Waals surface area contributed by atoms with Crippen LogP contribution < -0.4 is 5.32 Å². The number of aromatic nitrogens is 2. The van der Waals surface area contributed by atoms with E-state index in [0.29, 0.717) is 5.92 Å². The molecule has 4 heteroatoms. The maximum atomic E-state index is 4.66. The van der Waals surface area contributed by atoms with E-state index in [2.05, 4.69) is 89.3 Å². The molecule has 0 spiro atoms. The Hall–Kier alpha value is -3.50. The van der Waals surface area contributed by atoms with Crippen LogP contribution >= 0.6 is 0 Å². The minimum Gasteiger partial charge on any atom is -0.361 e. The number of benzene rings is 1. The molecule has 2 atom stereocenters. The van der Waals surface area contributed by atoms with Crippen molar-refractivity contribution in [3.05, 3.63) is 115 Å². The Morgan fingerprint density at radius 3 is 2.51 bits per heavy atom. The molecule has 204 valence electrons. The molecule has 0 aliphatic carbocycles. The van der Waals surface area contributed by atoms with Gasteiger partial charge in [-0.3, -0.25) is 9.97 Å². The number of allylic oxidation sites excluding steroid dienone is 1. The molecule has 2 unspecified atom stereocenters.